The number of amides is 2. The van der Waals surface area contributed by atoms with Crippen LogP contribution in [0.25, 0.3) is 0 Å². The van der Waals surface area contributed by atoms with E-state index >= 15 is 0 Å². The number of nitrogens with zero attached hydrogens (tertiary/aromatic N) is 1. The molecule has 20 heavy (non-hydrogen) atoms. The van der Waals surface area contributed by atoms with Crippen molar-refractivity contribution in [3.05, 3.63) is 29.8 Å². The third kappa shape index (κ3) is 3.60. The summed E-state index contributed by atoms with van der Waals surface area (Å²) in [6.07, 6.45) is 0. The highest BCUT2D eigenvalue weighted by atomic mass is 32.2. The number of hydrogen-bond acceptors (Lipinski definition) is 4. The molecule has 1 aromatic rings. The molecule has 1 aromatic carbocycles. The molecule has 6 heteroatoms. The highest BCUT2D eigenvalue weighted by molar-refractivity contribution is 8.14. The highest BCUT2D eigenvalue weighted by Crippen LogP contribution is 2.23. The molecule has 0 atom stereocenters. The fraction of sp³-hybridized carbons (Fsp3) is 0.357. The summed E-state index contributed by atoms with van der Waals surface area (Å²) in [5.74, 6) is -0.248. The van der Waals surface area contributed by atoms with E-state index in [4.69, 9.17) is 0 Å². The van der Waals surface area contributed by atoms with E-state index in [0.717, 1.165) is 11.3 Å². The van der Waals surface area contributed by atoms with Crippen LogP contribution in [-0.4, -0.2) is 29.3 Å². The Kier molecular flexibility index (Phi) is 4.79. The average molecular weight is 291 g/mol. The summed E-state index contributed by atoms with van der Waals surface area (Å²) in [4.78, 5) is 27.7. The quantitative estimate of drug-likeness (QED) is 0.818. The number of aliphatic imine (C=N–C) groups is 1. The standard InChI is InChI=1S/C14H17N3O2S/c1-9(2)10-5-3-4-6-11(10)16-12(18)13(19)17-14-15-7-8-20-14/h3-6,9H,7-8H2,1-2H3,(H,16,18)(H,15,17,19). The summed E-state index contributed by atoms with van der Waals surface area (Å²) in [5.41, 5.74) is 1.67. The zero-order valence-corrected chi connectivity index (χ0v) is 12.3. The molecule has 0 radical (unpaired) electrons. The predicted octanol–water partition coefficient (Wildman–Crippen LogP) is 1.97. The third-order valence-electron chi connectivity index (χ3n) is 2.84. The molecule has 0 bridgehead atoms. The van der Waals surface area contributed by atoms with Crippen LogP contribution in [0.5, 0.6) is 0 Å². The van der Waals surface area contributed by atoms with Crippen LogP contribution in [0.15, 0.2) is 29.3 Å². The maximum Gasteiger partial charge on any atom is 0.315 e. The lowest BCUT2D eigenvalue weighted by molar-refractivity contribution is -0.135. The summed E-state index contributed by atoms with van der Waals surface area (Å²) >= 11 is 1.44. The Morgan fingerprint density at radius 2 is 1.90 bits per heavy atom. The molecular weight excluding hydrogens is 274 g/mol. The fourth-order valence-corrected chi connectivity index (χ4v) is 2.58. The lowest BCUT2D eigenvalue weighted by atomic mass is 10.0. The number of hydrogen-bond donors (Lipinski definition) is 2. The average Bonchev–Trinajstić information content (AvgIpc) is 2.91. The van der Waals surface area contributed by atoms with Crippen molar-refractivity contribution in [1.82, 2.24) is 5.32 Å². The molecule has 1 heterocycles. The minimum Gasteiger partial charge on any atom is -0.318 e. The Bertz CT molecular complexity index is 555. The lowest BCUT2D eigenvalue weighted by Crippen LogP contribution is -2.37. The molecule has 0 saturated carbocycles. The largest absolute Gasteiger partial charge is 0.318 e. The maximum absolute atomic E-state index is 11.9. The molecular formula is C14H17N3O2S. The Labute approximate surface area is 122 Å². The Morgan fingerprint density at radius 1 is 1.20 bits per heavy atom. The van der Waals surface area contributed by atoms with Crippen LogP contribution in [0.1, 0.15) is 25.3 Å². The van der Waals surface area contributed by atoms with E-state index in [1.807, 2.05) is 32.0 Å². The van der Waals surface area contributed by atoms with Gasteiger partial charge in [0.05, 0.1) is 6.54 Å². The van der Waals surface area contributed by atoms with Gasteiger partial charge in [-0.15, -0.1) is 0 Å². The molecule has 0 unspecified atom stereocenters. The van der Waals surface area contributed by atoms with Crippen LogP contribution < -0.4 is 10.6 Å². The van der Waals surface area contributed by atoms with Gasteiger partial charge in [0.25, 0.3) is 0 Å². The predicted molar refractivity (Wildman–Crippen MR) is 82.1 cm³/mol. The van der Waals surface area contributed by atoms with E-state index in [2.05, 4.69) is 15.6 Å². The molecule has 0 fully saturated rings. The molecule has 0 spiro atoms. The molecule has 2 rings (SSSR count). The van der Waals surface area contributed by atoms with Crippen LogP contribution in [0.3, 0.4) is 0 Å². The van der Waals surface area contributed by atoms with Crippen LogP contribution in [0.4, 0.5) is 5.69 Å². The minimum atomic E-state index is -0.684. The molecule has 106 valence electrons. The zero-order valence-electron chi connectivity index (χ0n) is 11.5. The van der Waals surface area contributed by atoms with Gasteiger partial charge < -0.3 is 5.32 Å². The number of benzene rings is 1. The first-order chi connectivity index (χ1) is 9.58. The van der Waals surface area contributed by atoms with Crippen molar-refractivity contribution in [2.75, 3.05) is 17.6 Å². The van der Waals surface area contributed by atoms with Gasteiger partial charge in [-0.2, -0.15) is 0 Å². The first-order valence-electron chi connectivity index (χ1n) is 6.46. The van der Waals surface area contributed by atoms with Crippen molar-refractivity contribution in [3.63, 3.8) is 0 Å². The number of carbonyl (C=O) groups excluding carboxylic acids is 2. The minimum absolute atomic E-state index is 0.268. The van der Waals surface area contributed by atoms with Crippen molar-refractivity contribution in [2.24, 2.45) is 4.99 Å². The number of anilines is 1. The number of nitrogens with one attached hydrogen (secondary N) is 2. The summed E-state index contributed by atoms with van der Waals surface area (Å²) in [7, 11) is 0. The Balaban J connectivity index is 2.02. The Morgan fingerprint density at radius 3 is 2.55 bits per heavy atom. The summed E-state index contributed by atoms with van der Waals surface area (Å²) in [6, 6.07) is 7.47. The van der Waals surface area contributed by atoms with E-state index in [0.29, 0.717) is 17.4 Å². The third-order valence-corrected chi connectivity index (χ3v) is 3.73. The van der Waals surface area contributed by atoms with Crippen LogP contribution >= 0.6 is 11.8 Å². The molecule has 1 aliphatic heterocycles. The zero-order chi connectivity index (χ0) is 14.5. The van der Waals surface area contributed by atoms with Crippen LogP contribution in [-0.2, 0) is 9.59 Å². The van der Waals surface area contributed by atoms with Crippen LogP contribution in [0, 0.1) is 0 Å². The fourth-order valence-electron chi connectivity index (χ4n) is 1.86. The molecule has 2 N–H and O–H groups in total. The van der Waals surface area contributed by atoms with Gasteiger partial charge in [0, 0.05) is 11.4 Å². The van der Waals surface area contributed by atoms with Gasteiger partial charge in [0.2, 0.25) is 0 Å². The number of para-hydroxylation sites is 1. The van der Waals surface area contributed by atoms with Gasteiger partial charge in [-0.25, -0.2) is 0 Å². The molecule has 0 aromatic heterocycles. The summed E-state index contributed by atoms with van der Waals surface area (Å²) in [6.45, 7) is 4.75. The second kappa shape index (κ2) is 6.56. The number of thioether (sulfide) groups is 1. The van der Waals surface area contributed by atoms with E-state index in [-0.39, 0.29) is 5.92 Å². The number of rotatable bonds is 2. The van der Waals surface area contributed by atoms with Gasteiger partial charge >= 0.3 is 11.8 Å². The smallest absolute Gasteiger partial charge is 0.315 e. The molecule has 0 aliphatic carbocycles. The lowest BCUT2D eigenvalue weighted by Gasteiger charge is -2.13. The van der Waals surface area contributed by atoms with E-state index in [1.165, 1.54) is 11.8 Å². The maximum atomic E-state index is 11.9. The van der Waals surface area contributed by atoms with Gasteiger partial charge in [-0.3, -0.25) is 19.9 Å². The first kappa shape index (κ1) is 14.6. The molecule has 5 nitrogen and oxygen atoms in total. The van der Waals surface area contributed by atoms with Crippen molar-refractivity contribution < 1.29 is 9.59 Å². The van der Waals surface area contributed by atoms with E-state index < -0.39 is 11.8 Å². The van der Waals surface area contributed by atoms with Gasteiger partial charge in [0.15, 0.2) is 5.17 Å². The van der Waals surface area contributed by atoms with E-state index in [9.17, 15) is 9.59 Å². The number of carbonyl (C=O) groups is 2. The monoisotopic (exact) mass is 291 g/mol. The molecule has 1 aliphatic rings. The SMILES string of the molecule is CC(C)c1ccccc1NC(=O)C(=O)NC1=NCCS1. The summed E-state index contributed by atoms with van der Waals surface area (Å²) in [5, 5.41) is 5.68. The van der Waals surface area contributed by atoms with Crippen LogP contribution in [0.2, 0.25) is 0 Å². The second-order valence-corrected chi connectivity index (χ2v) is 5.77. The van der Waals surface area contributed by atoms with Crippen molar-refractivity contribution in [2.45, 2.75) is 19.8 Å². The normalized spacial score (nSPS) is 14.1. The summed E-state index contributed by atoms with van der Waals surface area (Å²) < 4.78 is 0. The van der Waals surface area contributed by atoms with Gasteiger partial charge in [0.1, 0.15) is 0 Å². The van der Waals surface area contributed by atoms with Crippen molar-refractivity contribution in [1.29, 1.82) is 0 Å². The topological polar surface area (TPSA) is 70.6 Å². The highest BCUT2D eigenvalue weighted by Gasteiger charge is 2.19. The Hall–Kier alpha value is -1.82. The van der Waals surface area contributed by atoms with Crippen molar-refractivity contribution >= 4 is 34.4 Å². The van der Waals surface area contributed by atoms with Gasteiger partial charge in [-0.05, 0) is 17.5 Å². The van der Waals surface area contributed by atoms with E-state index in [1.54, 1.807) is 6.07 Å². The van der Waals surface area contributed by atoms with Gasteiger partial charge in [-0.1, -0.05) is 43.8 Å². The van der Waals surface area contributed by atoms with Crippen molar-refractivity contribution in [3.8, 4) is 0 Å². The number of amidine groups is 1. The molecule has 0 saturated heterocycles. The first-order valence-corrected chi connectivity index (χ1v) is 7.45. The second-order valence-electron chi connectivity index (χ2n) is 4.69. The molecule has 2 amide bonds.